The number of hydrogen-bond acceptors (Lipinski definition) is 6. The summed E-state index contributed by atoms with van der Waals surface area (Å²) in [5, 5.41) is 20.7. The van der Waals surface area contributed by atoms with Crippen LogP contribution in [0.1, 0.15) is 20.8 Å². The Morgan fingerprint density at radius 1 is 1.41 bits per heavy atom. The highest BCUT2D eigenvalue weighted by atomic mass is 32.1. The summed E-state index contributed by atoms with van der Waals surface area (Å²) in [6.45, 7) is 5.16. The predicted octanol–water partition coefficient (Wildman–Crippen LogP) is 0.554. The monoisotopic (exact) mass is 259 g/mol. The number of carbonyl (C=O) groups is 2. The quantitative estimate of drug-likeness (QED) is 0.729. The van der Waals surface area contributed by atoms with Crippen molar-refractivity contribution >= 4 is 28.7 Å². The second-order valence-corrected chi connectivity index (χ2v) is 5.14. The van der Waals surface area contributed by atoms with E-state index >= 15 is 0 Å². The van der Waals surface area contributed by atoms with Gasteiger partial charge in [-0.3, -0.25) is 5.32 Å². The van der Waals surface area contributed by atoms with Crippen molar-refractivity contribution < 1.29 is 14.7 Å². The maximum Gasteiger partial charge on any atom is 0.326 e. The van der Waals surface area contributed by atoms with Gasteiger partial charge in [-0.1, -0.05) is 30.4 Å². The molecule has 2 amide bonds. The van der Waals surface area contributed by atoms with Gasteiger partial charge < -0.3 is 10.4 Å². The molecule has 0 bridgehead atoms. The zero-order valence-electron chi connectivity index (χ0n) is 9.59. The van der Waals surface area contributed by atoms with Crippen LogP contribution in [0.25, 0.3) is 0 Å². The van der Waals surface area contributed by atoms with Crippen LogP contribution in [0.2, 0.25) is 0 Å². The Labute approximate surface area is 102 Å². The Hall–Kier alpha value is -1.77. The molecular formula is C8H13N5O3S. The summed E-state index contributed by atoms with van der Waals surface area (Å²) in [6.07, 6.45) is 0. The van der Waals surface area contributed by atoms with E-state index in [0.29, 0.717) is 0 Å². The number of amides is 2. The summed E-state index contributed by atoms with van der Waals surface area (Å²) in [4.78, 5) is 22.5. The molecule has 1 aromatic heterocycles. The lowest BCUT2D eigenvalue weighted by Gasteiger charge is -2.27. The Morgan fingerprint density at radius 2 is 2.06 bits per heavy atom. The molecule has 0 aliphatic rings. The third-order valence-corrected chi connectivity index (χ3v) is 2.42. The van der Waals surface area contributed by atoms with Crippen LogP contribution >= 0.6 is 11.5 Å². The van der Waals surface area contributed by atoms with Crippen LogP contribution in [0.5, 0.6) is 0 Å². The van der Waals surface area contributed by atoms with Crippen LogP contribution in [0, 0.1) is 5.41 Å². The minimum atomic E-state index is -1.09. The van der Waals surface area contributed by atoms with Gasteiger partial charge in [-0.25, -0.2) is 9.59 Å². The summed E-state index contributed by atoms with van der Waals surface area (Å²) in [5.74, 6) is -1.09. The van der Waals surface area contributed by atoms with Crippen molar-refractivity contribution in [1.82, 2.24) is 20.1 Å². The Bertz CT molecular complexity index is 400. The third kappa shape index (κ3) is 3.94. The molecular weight excluding hydrogens is 246 g/mol. The lowest BCUT2D eigenvalue weighted by atomic mass is 9.87. The second-order valence-electron chi connectivity index (χ2n) is 4.40. The minimum absolute atomic E-state index is 0.209. The van der Waals surface area contributed by atoms with Crippen LogP contribution in [0.15, 0.2) is 0 Å². The van der Waals surface area contributed by atoms with E-state index in [1.807, 2.05) is 0 Å². The van der Waals surface area contributed by atoms with Gasteiger partial charge in [-0.2, -0.15) is 0 Å². The molecule has 1 heterocycles. The van der Waals surface area contributed by atoms with Gasteiger partial charge >= 0.3 is 12.0 Å². The standard InChI is InChI=1S/C8H13N5O3S/c1-8(2,3)4(5(14)15)9-6(16)10-7-11-12-13-17-7/h4H,1-3H3,(H,14,15)(H2,9,10,11,13,16)/t4-/m0/s1. The average Bonchev–Trinajstić information content (AvgIpc) is 2.64. The number of nitrogens with one attached hydrogen (secondary N) is 2. The number of carboxylic acids is 1. The molecule has 0 aromatic carbocycles. The highest BCUT2D eigenvalue weighted by molar-refractivity contribution is 7.09. The van der Waals surface area contributed by atoms with Crippen LogP contribution < -0.4 is 10.6 Å². The zero-order valence-corrected chi connectivity index (χ0v) is 10.4. The first-order chi connectivity index (χ1) is 7.80. The van der Waals surface area contributed by atoms with Gasteiger partial charge in [0.25, 0.3) is 0 Å². The normalized spacial score (nSPS) is 12.9. The van der Waals surface area contributed by atoms with E-state index in [2.05, 4.69) is 25.4 Å². The van der Waals surface area contributed by atoms with Gasteiger partial charge in [-0.05, 0) is 10.6 Å². The average molecular weight is 259 g/mol. The molecule has 0 saturated carbocycles. The van der Waals surface area contributed by atoms with E-state index in [-0.39, 0.29) is 5.13 Å². The lowest BCUT2D eigenvalue weighted by Crippen LogP contribution is -2.50. The Balaban J connectivity index is 2.62. The summed E-state index contributed by atoms with van der Waals surface area (Å²) >= 11 is 0.903. The zero-order chi connectivity index (χ0) is 13.1. The van der Waals surface area contributed by atoms with Crippen molar-refractivity contribution in [3.8, 4) is 0 Å². The fourth-order valence-corrected chi connectivity index (χ4v) is 1.46. The molecule has 1 aromatic rings. The summed E-state index contributed by atoms with van der Waals surface area (Å²) in [7, 11) is 0. The first-order valence-corrected chi connectivity index (χ1v) is 5.53. The lowest BCUT2D eigenvalue weighted by molar-refractivity contribution is -0.141. The molecule has 3 N–H and O–H groups in total. The van der Waals surface area contributed by atoms with E-state index in [9.17, 15) is 9.59 Å². The van der Waals surface area contributed by atoms with Gasteiger partial charge in [-0.15, -0.1) is 0 Å². The molecule has 94 valence electrons. The second kappa shape index (κ2) is 5.04. The van der Waals surface area contributed by atoms with Gasteiger partial charge in [0.05, 0.1) is 0 Å². The molecule has 0 unspecified atom stereocenters. The van der Waals surface area contributed by atoms with Crippen molar-refractivity contribution in [3.63, 3.8) is 0 Å². The number of urea groups is 1. The Kier molecular flexibility index (Phi) is 3.94. The molecule has 8 nitrogen and oxygen atoms in total. The molecule has 0 fully saturated rings. The fraction of sp³-hybridized carbons (Fsp3) is 0.625. The Morgan fingerprint density at radius 3 is 2.47 bits per heavy atom. The number of nitrogens with zero attached hydrogens (tertiary/aromatic N) is 3. The van der Waals surface area contributed by atoms with Crippen LogP contribution in [0.4, 0.5) is 9.93 Å². The van der Waals surface area contributed by atoms with Crippen LogP contribution in [-0.2, 0) is 4.79 Å². The van der Waals surface area contributed by atoms with Gasteiger partial charge in [0.1, 0.15) is 6.04 Å². The SMILES string of the molecule is CC(C)(C)[C@@H](NC(=O)Nc1nnns1)C(=O)O. The maximum absolute atomic E-state index is 11.5. The minimum Gasteiger partial charge on any atom is -0.480 e. The van der Waals surface area contributed by atoms with Gasteiger partial charge in [0, 0.05) is 11.5 Å². The van der Waals surface area contributed by atoms with Crippen LogP contribution in [-0.4, -0.2) is 37.9 Å². The largest absolute Gasteiger partial charge is 0.480 e. The molecule has 0 spiro atoms. The first kappa shape index (κ1) is 13.3. The fourth-order valence-electron chi connectivity index (χ4n) is 1.09. The van der Waals surface area contributed by atoms with Crippen molar-refractivity contribution in [2.75, 3.05) is 5.32 Å². The predicted molar refractivity (Wildman–Crippen MR) is 60.7 cm³/mol. The van der Waals surface area contributed by atoms with E-state index in [0.717, 1.165) is 11.5 Å². The highest BCUT2D eigenvalue weighted by Gasteiger charge is 2.32. The molecule has 1 rings (SSSR count). The van der Waals surface area contributed by atoms with E-state index in [1.54, 1.807) is 20.8 Å². The summed E-state index contributed by atoms with van der Waals surface area (Å²) in [5.41, 5.74) is -0.595. The molecule has 0 aliphatic heterocycles. The van der Waals surface area contributed by atoms with Crippen LogP contribution in [0.3, 0.4) is 0 Å². The maximum atomic E-state index is 11.5. The first-order valence-electron chi connectivity index (χ1n) is 4.76. The van der Waals surface area contributed by atoms with Gasteiger partial charge in [0.15, 0.2) is 0 Å². The third-order valence-electron chi connectivity index (χ3n) is 1.91. The molecule has 17 heavy (non-hydrogen) atoms. The van der Waals surface area contributed by atoms with Crippen molar-refractivity contribution in [3.05, 3.63) is 0 Å². The number of anilines is 1. The molecule has 9 heteroatoms. The van der Waals surface area contributed by atoms with Gasteiger partial charge in [0.2, 0.25) is 5.13 Å². The van der Waals surface area contributed by atoms with E-state index < -0.39 is 23.5 Å². The number of carboxylic acid groups (broad SMARTS) is 1. The molecule has 0 radical (unpaired) electrons. The van der Waals surface area contributed by atoms with E-state index in [1.165, 1.54) is 0 Å². The summed E-state index contributed by atoms with van der Waals surface area (Å²) in [6, 6.07) is -1.64. The number of aromatic nitrogens is 3. The summed E-state index contributed by atoms with van der Waals surface area (Å²) < 4.78 is 3.46. The number of hydrogen-bond donors (Lipinski definition) is 3. The molecule has 0 saturated heterocycles. The van der Waals surface area contributed by atoms with Crippen molar-refractivity contribution in [2.45, 2.75) is 26.8 Å². The number of carbonyl (C=O) groups excluding carboxylic acids is 1. The highest BCUT2D eigenvalue weighted by Crippen LogP contribution is 2.19. The van der Waals surface area contributed by atoms with Crippen molar-refractivity contribution in [1.29, 1.82) is 0 Å². The smallest absolute Gasteiger partial charge is 0.326 e. The number of rotatable bonds is 3. The topological polar surface area (TPSA) is 117 Å². The molecule has 1 atom stereocenters. The van der Waals surface area contributed by atoms with Crippen molar-refractivity contribution in [2.24, 2.45) is 5.41 Å². The number of aliphatic carboxylic acids is 1. The molecule has 0 aliphatic carbocycles. The van der Waals surface area contributed by atoms with E-state index in [4.69, 9.17) is 5.11 Å².